The molecule has 0 spiro atoms. The lowest BCUT2D eigenvalue weighted by Gasteiger charge is -2.47. The molecule has 1 fully saturated rings. The standard InChI is InChI=1S/C22H30N2O2/c1-17(2)14-20(25)23-16-22-12-7-6-10-19(22)24(21(26)11-13-22)15-18-8-4-3-5-9-18/h3-5,8-10,17H,6-7,11-16H2,1-2H3,(H,23,25). The zero-order valence-electron chi connectivity index (χ0n) is 16.0. The van der Waals surface area contributed by atoms with Crippen LogP contribution in [0.25, 0.3) is 0 Å². The first-order chi connectivity index (χ1) is 12.5. The van der Waals surface area contributed by atoms with Crippen LogP contribution in [0.15, 0.2) is 42.1 Å². The summed E-state index contributed by atoms with van der Waals surface area (Å²) in [6.07, 6.45) is 7.36. The average Bonchev–Trinajstić information content (AvgIpc) is 2.63. The van der Waals surface area contributed by atoms with E-state index in [0.29, 0.717) is 31.8 Å². The molecule has 140 valence electrons. The minimum atomic E-state index is -0.0897. The summed E-state index contributed by atoms with van der Waals surface area (Å²) >= 11 is 0. The summed E-state index contributed by atoms with van der Waals surface area (Å²) in [7, 11) is 0. The third-order valence-electron chi connectivity index (χ3n) is 5.55. The molecular weight excluding hydrogens is 324 g/mol. The van der Waals surface area contributed by atoms with E-state index in [4.69, 9.17) is 0 Å². The molecule has 4 nitrogen and oxygen atoms in total. The Morgan fingerprint density at radius 3 is 2.73 bits per heavy atom. The summed E-state index contributed by atoms with van der Waals surface area (Å²) in [4.78, 5) is 26.8. The number of nitrogens with zero attached hydrogens (tertiary/aromatic N) is 1. The molecule has 2 amide bonds. The Morgan fingerprint density at radius 2 is 2.00 bits per heavy atom. The normalized spacial score (nSPS) is 22.8. The van der Waals surface area contributed by atoms with Crippen molar-refractivity contribution in [3.8, 4) is 0 Å². The highest BCUT2D eigenvalue weighted by molar-refractivity contribution is 5.80. The molecule has 2 aliphatic rings. The minimum absolute atomic E-state index is 0.0897. The van der Waals surface area contributed by atoms with Crippen molar-refractivity contribution in [2.75, 3.05) is 6.54 Å². The highest BCUT2D eigenvalue weighted by Gasteiger charge is 2.44. The molecule has 4 heteroatoms. The summed E-state index contributed by atoms with van der Waals surface area (Å²) < 4.78 is 0. The Kier molecular flexibility index (Phi) is 5.80. The fourth-order valence-electron chi connectivity index (χ4n) is 4.21. The number of allylic oxidation sites excluding steroid dienone is 1. The maximum atomic E-state index is 12.7. The van der Waals surface area contributed by atoms with Gasteiger partial charge >= 0.3 is 0 Å². The van der Waals surface area contributed by atoms with E-state index in [1.54, 1.807) is 0 Å². The molecular formula is C22H30N2O2. The summed E-state index contributed by atoms with van der Waals surface area (Å²) in [5.74, 6) is 0.674. The van der Waals surface area contributed by atoms with E-state index in [0.717, 1.165) is 36.9 Å². The van der Waals surface area contributed by atoms with Gasteiger partial charge in [0.05, 0.1) is 6.54 Å². The number of carbonyl (C=O) groups excluding carboxylic acids is 2. The Hall–Kier alpha value is -2.10. The molecule has 26 heavy (non-hydrogen) atoms. The summed E-state index contributed by atoms with van der Waals surface area (Å²) in [5, 5.41) is 3.16. The van der Waals surface area contributed by atoms with Crippen molar-refractivity contribution < 1.29 is 9.59 Å². The number of likely N-dealkylation sites (tertiary alicyclic amines) is 1. The van der Waals surface area contributed by atoms with Gasteiger partial charge in [-0.25, -0.2) is 0 Å². The van der Waals surface area contributed by atoms with Gasteiger partial charge in [-0.1, -0.05) is 50.3 Å². The van der Waals surface area contributed by atoms with Gasteiger partial charge in [0, 0.05) is 30.5 Å². The molecule has 0 bridgehead atoms. The van der Waals surface area contributed by atoms with Gasteiger partial charge in [-0.3, -0.25) is 9.59 Å². The fraction of sp³-hybridized carbons (Fsp3) is 0.545. The predicted molar refractivity (Wildman–Crippen MR) is 103 cm³/mol. The van der Waals surface area contributed by atoms with Gasteiger partial charge in [-0.05, 0) is 37.2 Å². The third kappa shape index (κ3) is 4.17. The zero-order chi connectivity index (χ0) is 18.6. The maximum Gasteiger partial charge on any atom is 0.227 e. The Morgan fingerprint density at radius 1 is 1.23 bits per heavy atom. The predicted octanol–water partition coefficient (Wildman–Crippen LogP) is 4.03. The second-order valence-electron chi connectivity index (χ2n) is 8.10. The van der Waals surface area contributed by atoms with Crippen LogP contribution in [0.3, 0.4) is 0 Å². The molecule has 1 N–H and O–H groups in total. The molecule has 0 saturated carbocycles. The molecule has 1 unspecified atom stereocenters. The molecule has 0 aromatic heterocycles. The maximum absolute atomic E-state index is 12.7. The van der Waals surface area contributed by atoms with Crippen LogP contribution < -0.4 is 5.32 Å². The van der Waals surface area contributed by atoms with Crippen molar-refractivity contribution in [2.24, 2.45) is 11.3 Å². The molecule has 1 heterocycles. The van der Waals surface area contributed by atoms with Crippen LogP contribution in [-0.4, -0.2) is 23.3 Å². The van der Waals surface area contributed by atoms with Crippen LogP contribution in [0.1, 0.15) is 57.9 Å². The Bertz CT molecular complexity index is 681. The van der Waals surface area contributed by atoms with Crippen LogP contribution in [0, 0.1) is 11.3 Å². The molecule has 1 aromatic rings. The molecule has 0 radical (unpaired) electrons. The van der Waals surface area contributed by atoms with Gasteiger partial charge in [-0.15, -0.1) is 0 Å². The van der Waals surface area contributed by atoms with E-state index in [9.17, 15) is 9.59 Å². The number of benzene rings is 1. The lowest BCUT2D eigenvalue weighted by molar-refractivity contribution is -0.134. The second-order valence-corrected chi connectivity index (χ2v) is 8.10. The Labute approximate surface area is 156 Å². The lowest BCUT2D eigenvalue weighted by atomic mass is 9.69. The van der Waals surface area contributed by atoms with Crippen molar-refractivity contribution in [1.82, 2.24) is 10.2 Å². The van der Waals surface area contributed by atoms with Gasteiger partial charge < -0.3 is 10.2 Å². The molecule has 1 aliphatic carbocycles. The van der Waals surface area contributed by atoms with E-state index in [-0.39, 0.29) is 17.2 Å². The van der Waals surface area contributed by atoms with E-state index in [1.807, 2.05) is 23.1 Å². The van der Waals surface area contributed by atoms with Crippen molar-refractivity contribution in [3.05, 3.63) is 47.7 Å². The van der Waals surface area contributed by atoms with Crippen LogP contribution >= 0.6 is 0 Å². The summed E-state index contributed by atoms with van der Waals surface area (Å²) in [5.41, 5.74) is 2.19. The molecule has 1 saturated heterocycles. The average molecular weight is 354 g/mol. The molecule has 1 aromatic carbocycles. The van der Waals surface area contributed by atoms with Gasteiger partial charge in [0.25, 0.3) is 0 Å². The van der Waals surface area contributed by atoms with Gasteiger partial charge in [0.1, 0.15) is 0 Å². The number of piperidine rings is 1. The molecule has 1 atom stereocenters. The van der Waals surface area contributed by atoms with E-state index >= 15 is 0 Å². The number of amides is 2. The van der Waals surface area contributed by atoms with Crippen LogP contribution in [0.4, 0.5) is 0 Å². The van der Waals surface area contributed by atoms with Crippen LogP contribution in [-0.2, 0) is 16.1 Å². The van der Waals surface area contributed by atoms with E-state index < -0.39 is 0 Å². The molecule has 3 rings (SSSR count). The van der Waals surface area contributed by atoms with Crippen LogP contribution in [0.5, 0.6) is 0 Å². The monoisotopic (exact) mass is 354 g/mol. The van der Waals surface area contributed by atoms with E-state index in [1.165, 1.54) is 0 Å². The quantitative estimate of drug-likeness (QED) is 0.838. The zero-order valence-corrected chi connectivity index (χ0v) is 16.0. The first kappa shape index (κ1) is 18.7. The highest BCUT2D eigenvalue weighted by atomic mass is 16.2. The third-order valence-corrected chi connectivity index (χ3v) is 5.55. The van der Waals surface area contributed by atoms with Crippen molar-refractivity contribution in [2.45, 2.75) is 58.9 Å². The first-order valence-corrected chi connectivity index (χ1v) is 9.82. The summed E-state index contributed by atoms with van der Waals surface area (Å²) in [6.45, 7) is 5.38. The summed E-state index contributed by atoms with van der Waals surface area (Å²) in [6, 6.07) is 10.2. The number of nitrogens with one attached hydrogen (secondary N) is 1. The Balaban J connectivity index is 1.78. The van der Waals surface area contributed by atoms with E-state index in [2.05, 4.69) is 37.4 Å². The first-order valence-electron chi connectivity index (χ1n) is 9.82. The smallest absolute Gasteiger partial charge is 0.227 e. The van der Waals surface area contributed by atoms with Gasteiger partial charge in [0.15, 0.2) is 0 Å². The minimum Gasteiger partial charge on any atom is -0.355 e. The van der Waals surface area contributed by atoms with Crippen molar-refractivity contribution >= 4 is 11.8 Å². The van der Waals surface area contributed by atoms with Gasteiger partial charge in [-0.2, -0.15) is 0 Å². The van der Waals surface area contributed by atoms with Gasteiger partial charge in [0.2, 0.25) is 11.8 Å². The van der Waals surface area contributed by atoms with Crippen molar-refractivity contribution in [1.29, 1.82) is 0 Å². The number of fused-ring (bicyclic) bond motifs is 1. The van der Waals surface area contributed by atoms with Crippen LogP contribution in [0.2, 0.25) is 0 Å². The SMILES string of the molecule is CC(C)CC(=O)NCC12CCCC=C1N(Cc1ccccc1)C(=O)CC2. The number of carbonyl (C=O) groups is 2. The fourth-order valence-corrected chi connectivity index (χ4v) is 4.21. The largest absolute Gasteiger partial charge is 0.355 e. The molecule has 1 aliphatic heterocycles. The topological polar surface area (TPSA) is 49.4 Å². The highest BCUT2D eigenvalue weighted by Crippen LogP contribution is 2.46. The number of hydrogen-bond acceptors (Lipinski definition) is 2. The second kappa shape index (κ2) is 8.07. The lowest BCUT2D eigenvalue weighted by Crippen LogP contribution is -2.50. The number of hydrogen-bond donors (Lipinski definition) is 1. The van der Waals surface area contributed by atoms with Crippen molar-refractivity contribution in [3.63, 3.8) is 0 Å². The number of rotatable bonds is 6.